The van der Waals surface area contributed by atoms with E-state index in [2.05, 4.69) is 15.4 Å². The number of carbonyl (C=O) groups is 2. The second kappa shape index (κ2) is 10.5. The molecule has 1 amide bonds. The van der Waals surface area contributed by atoms with Gasteiger partial charge in [0.1, 0.15) is 0 Å². The lowest BCUT2D eigenvalue weighted by atomic mass is 9.49. The Morgan fingerprint density at radius 3 is 2.59 bits per heavy atom. The highest BCUT2D eigenvalue weighted by atomic mass is 35.5. The molecule has 2 saturated carbocycles. The number of hydrogen-bond donors (Lipinski definition) is 1. The van der Waals surface area contributed by atoms with Gasteiger partial charge in [-0.1, -0.05) is 48.0 Å². The Labute approximate surface area is 232 Å². The molecule has 0 atom stereocenters. The number of nitrogens with one attached hydrogen (secondary N) is 1. The molecule has 2 fully saturated rings. The summed E-state index contributed by atoms with van der Waals surface area (Å²) >= 11 is 6.39. The summed E-state index contributed by atoms with van der Waals surface area (Å²) in [6, 6.07) is 17.8. The van der Waals surface area contributed by atoms with Crippen LogP contribution in [-0.2, 0) is 16.1 Å². The first-order chi connectivity index (χ1) is 18.9. The van der Waals surface area contributed by atoms with Crippen molar-refractivity contribution in [3.63, 3.8) is 0 Å². The number of halogens is 1. The van der Waals surface area contributed by atoms with Gasteiger partial charge in [0, 0.05) is 34.6 Å². The zero-order valence-electron chi connectivity index (χ0n) is 21.9. The third kappa shape index (κ3) is 5.28. The molecule has 0 bridgehead atoms. The van der Waals surface area contributed by atoms with Crippen molar-refractivity contribution in [1.29, 1.82) is 0 Å². The maximum Gasteiger partial charge on any atom is 0.306 e. The van der Waals surface area contributed by atoms with E-state index >= 15 is 0 Å². The molecular formula is C31H31ClN4O3. The monoisotopic (exact) mass is 542 g/mol. The molecule has 2 aromatic heterocycles. The van der Waals surface area contributed by atoms with E-state index in [1.54, 1.807) is 12.3 Å². The zero-order valence-corrected chi connectivity index (χ0v) is 22.7. The highest BCUT2D eigenvalue weighted by molar-refractivity contribution is 6.32. The van der Waals surface area contributed by atoms with Gasteiger partial charge >= 0.3 is 5.97 Å². The van der Waals surface area contributed by atoms with Crippen LogP contribution < -0.4 is 5.32 Å². The Bertz CT molecular complexity index is 1500. The summed E-state index contributed by atoms with van der Waals surface area (Å²) in [5, 5.41) is 9.12. The second-order valence-corrected chi connectivity index (χ2v) is 11.4. The summed E-state index contributed by atoms with van der Waals surface area (Å²) in [6.07, 6.45) is 8.06. The van der Waals surface area contributed by atoms with E-state index in [4.69, 9.17) is 16.3 Å². The topological polar surface area (TPSA) is 86.1 Å². The number of aromatic nitrogens is 3. The number of esters is 1. The number of rotatable bonds is 8. The zero-order chi connectivity index (χ0) is 27.0. The van der Waals surface area contributed by atoms with Crippen molar-refractivity contribution in [2.24, 2.45) is 11.3 Å². The van der Waals surface area contributed by atoms with Crippen molar-refractivity contribution in [1.82, 2.24) is 20.1 Å². The summed E-state index contributed by atoms with van der Waals surface area (Å²) in [7, 11) is 0. The minimum absolute atomic E-state index is 0.106. The fourth-order valence-electron chi connectivity index (χ4n) is 6.41. The van der Waals surface area contributed by atoms with E-state index in [-0.39, 0.29) is 23.3 Å². The number of fused-ring (bicyclic) bond motifs is 1. The molecule has 0 radical (unpaired) electrons. The molecule has 39 heavy (non-hydrogen) atoms. The molecule has 6 rings (SSSR count). The van der Waals surface area contributed by atoms with Crippen molar-refractivity contribution in [2.45, 2.75) is 51.6 Å². The Kier molecular flexibility index (Phi) is 6.85. The fraction of sp³-hybridized carbons (Fsp3) is 0.355. The smallest absolute Gasteiger partial charge is 0.306 e. The van der Waals surface area contributed by atoms with Crippen molar-refractivity contribution < 1.29 is 14.3 Å². The minimum atomic E-state index is -0.135. The van der Waals surface area contributed by atoms with Crippen LogP contribution >= 0.6 is 11.6 Å². The quantitative estimate of drug-likeness (QED) is 0.274. The van der Waals surface area contributed by atoms with Crippen LogP contribution in [-0.4, -0.2) is 39.3 Å². The van der Waals surface area contributed by atoms with E-state index in [9.17, 15) is 9.59 Å². The largest absolute Gasteiger partial charge is 0.466 e. The Balaban J connectivity index is 1.12. The number of ether oxygens (including phenoxy) is 1. The van der Waals surface area contributed by atoms with Crippen molar-refractivity contribution in [3.8, 4) is 11.3 Å². The summed E-state index contributed by atoms with van der Waals surface area (Å²) in [5.41, 5.74) is 4.52. The predicted octanol–water partition coefficient (Wildman–Crippen LogP) is 6.04. The molecule has 0 unspecified atom stereocenters. The van der Waals surface area contributed by atoms with Crippen LogP contribution in [0, 0.1) is 11.3 Å². The molecule has 1 N–H and O–H groups in total. The lowest BCUT2D eigenvalue weighted by Gasteiger charge is -2.57. The highest BCUT2D eigenvalue weighted by Crippen LogP contribution is 2.59. The van der Waals surface area contributed by atoms with E-state index in [1.165, 1.54) is 0 Å². The van der Waals surface area contributed by atoms with Crippen LogP contribution in [0.5, 0.6) is 0 Å². The first-order valence-electron chi connectivity index (χ1n) is 13.5. The molecule has 7 nitrogen and oxygen atoms in total. The molecule has 4 aromatic rings. The van der Waals surface area contributed by atoms with Crippen LogP contribution in [0.3, 0.4) is 0 Å². The van der Waals surface area contributed by atoms with Crippen molar-refractivity contribution in [2.75, 3.05) is 6.61 Å². The van der Waals surface area contributed by atoms with Gasteiger partial charge in [0.25, 0.3) is 5.91 Å². The van der Waals surface area contributed by atoms with Crippen LogP contribution in [0.1, 0.15) is 54.9 Å². The molecule has 2 aromatic carbocycles. The first-order valence-corrected chi connectivity index (χ1v) is 13.9. The van der Waals surface area contributed by atoms with Gasteiger partial charge in [-0.3, -0.25) is 19.3 Å². The van der Waals surface area contributed by atoms with Crippen molar-refractivity contribution in [3.05, 3.63) is 83.1 Å². The highest BCUT2D eigenvalue weighted by Gasteiger charge is 2.53. The average molecular weight is 543 g/mol. The standard InChI is InChI=1S/C31H31ClN4O3/c1-2-39-28(37)10-21-13-31(14-21)15-25(16-31)35-30(38)26-12-24(32)11-23-18-34-36(29(23)26)19-20-8-9-27(33-17-20)22-6-4-3-5-7-22/h3-9,11-12,17-18,21,25H,2,10,13-16,19H2,1H3,(H,35,38). The SMILES string of the molecule is CCOC(=O)CC1CC2(C1)CC(NC(=O)c1cc(Cl)cc3cnn(Cc4ccc(-c5ccccc5)nc4)c13)C2. The summed E-state index contributed by atoms with van der Waals surface area (Å²) in [6.45, 7) is 2.75. The third-order valence-electron chi connectivity index (χ3n) is 8.07. The maximum absolute atomic E-state index is 13.4. The van der Waals surface area contributed by atoms with Gasteiger partial charge in [-0.15, -0.1) is 0 Å². The van der Waals surface area contributed by atoms with Gasteiger partial charge in [-0.05, 0) is 67.7 Å². The molecule has 2 heterocycles. The van der Waals surface area contributed by atoms with Gasteiger partial charge in [-0.2, -0.15) is 5.10 Å². The van der Waals surface area contributed by atoms with Gasteiger partial charge in [-0.25, -0.2) is 0 Å². The maximum atomic E-state index is 13.4. The lowest BCUT2D eigenvalue weighted by molar-refractivity contribution is -0.148. The number of nitrogens with zero attached hydrogens (tertiary/aromatic N) is 3. The summed E-state index contributed by atoms with van der Waals surface area (Å²) in [4.78, 5) is 29.8. The summed E-state index contributed by atoms with van der Waals surface area (Å²) in [5.74, 6) is 0.161. The molecule has 0 aliphatic heterocycles. The van der Waals surface area contributed by atoms with Gasteiger partial charge in [0.15, 0.2) is 0 Å². The first kappa shape index (κ1) is 25.6. The van der Waals surface area contributed by atoms with E-state index in [0.717, 1.165) is 53.4 Å². The predicted molar refractivity (Wildman–Crippen MR) is 150 cm³/mol. The van der Waals surface area contributed by atoms with Gasteiger partial charge in [0.05, 0.1) is 36.1 Å². The minimum Gasteiger partial charge on any atom is -0.466 e. The molecule has 1 spiro atoms. The fourth-order valence-corrected chi connectivity index (χ4v) is 6.64. The normalized spacial score (nSPS) is 21.8. The third-order valence-corrected chi connectivity index (χ3v) is 8.29. The van der Waals surface area contributed by atoms with Crippen LogP contribution in [0.4, 0.5) is 0 Å². The Morgan fingerprint density at radius 1 is 1.08 bits per heavy atom. The number of benzene rings is 2. The van der Waals surface area contributed by atoms with Crippen LogP contribution in [0.25, 0.3) is 22.2 Å². The van der Waals surface area contributed by atoms with Gasteiger partial charge in [0.2, 0.25) is 0 Å². The average Bonchev–Trinajstić information content (AvgIpc) is 3.28. The number of hydrogen-bond acceptors (Lipinski definition) is 5. The second-order valence-electron chi connectivity index (χ2n) is 11.0. The molecule has 0 saturated heterocycles. The Morgan fingerprint density at radius 2 is 1.87 bits per heavy atom. The van der Waals surface area contributed by atoms with Crippen LogP contribution in [0.15, 0.2) is 67.0 Å². The Hall–Kier alpha value is -3.71. The van der Waals surface area contributed by atoms with E-state index in [1.807, 2.05) is 66.3 Å². The summed E-state index contributed by atoms with van der Waals surface area (Å²) < 4.78 is 6.92. The number of pyridine rings is 1. The molecule has 2 aliphatic carbocycles. The van der Waals surface area contributed by atoms with Crippen molar-refractivity contribution >= 4 is 34.4 Å². The molecule has 200 valence electrons. The number of amides is 1. The lowest BCUT2D eigenvalue weighted by Crippen LogP contribution is -2.56. The van der Waals surface area contributed by atoms with Gasteiger partial charge < -0.3 is 10.1 Å². The molecule has 8 heteroatoms. The van der Waals surface area contributed by atoms with E-state index in [0.29, 0.717) is 36.1 Å². The van der Waals surface area contributed by atoms with Crippen LogP contribution in [0.2, 0.25) is 5.02 Å². The number of carbonyl (C=O) groups excluding carboxylic acids is 2. The van der Waals surface area contributed by atoms with E-state index < -0.39 is 0 Å². The molecular weight excluding hydrogens is 512 g/mol. The molecule has 2 aliphatic rings.